The molecule has 0 aliphatic carbocycles. The highest BCUT2D eigenvalue weighted by Gasteiger charge is 2.22. The van der Waals surface area contributed by atoms with Crippen molar-refractivity contribution >= 4 is 27.8 Å². The summed E-state index contributed by atoms with van der Waals surface area (Å²) < 4.78 is 6.23. The smallest absolute Gasteiger partial charge is 0.339 e. The maximum Gasteiger partial charge on any atom is 0.339 e. The SMILES string of the molecule is O=C1CCC(COc2cc(Br)ccc2C(=O)O)N1. The molecule has 0 saturated carbocycles. The van der Waals surface area contributed by atoms with Gasteiger partial charge in [-0.15, -0.1) is 0 Å². The molecular formula is C12H12BrNO4. The number of nitrogens with one attached hydrogen (secondary N) is 1. The summed E-state index contributed by atoms with van der Waals surface area (Å²) in [5.41, 5.74) is 0.113. The minimum atomic E-state index is -1.03. The fourth-order valence-corrected chi connectivity index (χ4v) is 2.13. The molecule has 0 spiro atoms. The Kier molecular flexibility index (Phi) is 3.86. The Bertz CT molecular complexity index is 489. The number of ether oxygens (including phenoxy) is 1. The number of carbonyl (C=O) groups is 2. The quantitative estimate of drug-likeness (QED) is 0.889. The van der Waals surface area contributed by atoms with Crippen molar-refractivity contribution in [3.05, 3.63) is 28.2 Å². The van der Waals surface area contributed by atoms with E-state index in [9.17, 15) is 9.59 Å². The molecule has 1 atom stereocenters. The molecule has 1 aliphatic rings. The third kappa shape index (κ3) is 3.01. The first-order chi connectivity index (χ1) is 8.56. The first-order valence-corrected chi connectivity index (χ1v) is 6.30. The minimum absolute atomic E-state index is 0.0105. The van der Waals surface area contributed by atoms with E-state index in [1.165, 1.54) is 6.07 Å². The monoisotopic (exact) mass is 313 g/mol. The van der Waals surface area contributed by atoms with Gasteiger partial charge in [0.05, 0.1) is 6.04 Å². The molecule has 6 heteroatoms. The summed E-state index contributed by atoms with van der Waals surface area (Å²) >= 11 is 3.27. The number of hydrogen-bond acceptors (Lipinski definition) is 3. The van der Waals surface area contributed by atoms with Gasteiger partial charge in [0, 0.05) is 10.9 Å². The second-order valence-corrected chi connectivity index (χ2v) is 4.98. The zero-order chi connectivity index (χ0) is 13.1. The number of amides is 1. The molecule has 1 heterocycles. The number of carboxylic acid groups (broad SMARTS) is 1. The fraction of sp³-hybridized carbons (Fsp3) is 0.333. The van der Waals surface area contributed by atoms with Gasteiger partial charge in [0.25, 0.3) is 0 Å². The summed E-state index contributed by atoms with van der Waals surface area (Å²) in [6.45, 7) is 0.280. The van der Waals surface area contributed by atoms with Crippen LogP contribution in [0.15, 0.2) is 22.7 Å². The van der Waals surface area contributed by atoms with Gasteiger partial charge in [-0.3, -0.25) is 4.79 Å². The van der Waals surface area contributed by atoms with Crippen LogP contribution < -0.4 is 10.1 Å². The first-order valence-electron chi connectivity index (χ1n) is 5.51. The molecule has 2 rings (SSSR count). The molecule has 0 radical (unpaired) electrons. The lowest BCUT2D eigenvalue weighted by Gasteiger charge is -2.13. The van der Waals surface area contributed by atoms with Crippen LogP contribution in [0.2, 0.25) is 0 Å². The van der Waals surface area contributed by atoms with Gasteiger partial charge >= 0.3 is 5.97 Å². The maximum atomic E-state index is 11.0. The van der Waals surface area contributed by atoms with Gasteiger partial charge in [0.1, 0.15) is 17.9 Å². The van der Waals surface area contributed by atoms with E-state index < -0.39 is 5.97 Å². The Balaban J connectivity index is 2.06. The predicted molar refractivity (Wildman–Crippen MR) is 67.8 cm³/mol. The van der Waals surface area contributed by atoms with Crippen molar-refractivity contribution in [2.45, 2.75) is 18.9 Å². The van der Waals surface area contributed by atoms with Gasteiger partial charge in [-0.25, -0.2) is 4.79 Å². The van der Waals surface area contributed by atoms with Crippen LogP contribution in [0.5, 0.6) is 5.75 Å². The summed E-state index contributed by atoms with van der Waals surface area (Å²) in [5.74, 6) is -0.720. The third-order valence-electron chi connectivity index (χ3n) is 2.70. The van der Waals surface area contributed by atoms with E-state index in [2.05, 4.69) is 21.2 Å². The van der Waals surface area contributed by atoms with Gasteiger partial charge in [-0.05, 0) is 24.6 Å². The molecule has 0 bridgehead atoms. The Morgan fingerprint density at radius 3 is 2.94 bits per heavy atom. The van der Waals surface area contributed by atoms with Crippen molar-refractivity contribution < 1.29 is 19.4 Å². The Morgan fingerprint density at radius 1 is 1.56 bits per heavy atom. The lowest BCUT2D eigenvalue weighted by Crippen LogP contribution is -2.31. The Morgan fingerprint density at radius 2 is 2.33 bits per heavy atom. The molecule has 1 amide bonds. The molecule has 2 N–H and O–H groups in total. The number of carboxylic acids is 1. The molecule has 1 aromatic rings. The van der Waals surface area contributed by atoms with Crippen LogP contribution in [-0.4, -0.2) is 29.6 Å². The number of hydrogen-bond donors (Lipinski definition) is 2. The zero-order valence-electron chi connectivity index (χ0n) is 9.48. The van der Waals surface area contributed by atoms with E-state index in [0.717, 1.165) is 10.9 Å². The van der Waals surface area contributed by atoms with E-state index in [1.54, 1.807) is 12.1 Å². The largest absolute Gasteiger partial charge is 0.491 e. The number of halogens is 1. The van der Waals surface area contributed by atoms with Gasteiger partial charge in [0.2, 0.25) is 5.91 Å². The van der Waals surface area contributed by atoms with Crippen LogP contribution in [0.4, 0.5) is 0 Å². The molecule has 5 nitrogen and oxygen atoms in total. The lowest BCUT2D eigenvalue weighted by molar-refractivity contribution is -0.119. The zero-order valence-corrected chi connectivity index (χ0v) is 11.1. The second kappa shape index (κ2) is 5.39. The average molecular weight is 314 g/mol. The normalized spacial score (nSPS) is 18.5. The third-order valence-corrected chi connectivity index (χ3v) is 3.19. The fourth-order valence-electron chi connectivity index (χ4n) is 1.78. The molecule has 1 aromatic carbocycles. The molecule has 0 aromatic heterocycles. The van der Waals surface area contributed by atoms with Crippen molar-refractivity contribution in [3.63, 3.8) is 0 Å². The van der Waals surface area contributed by atoms with Crippen molar-refractivity contribution in [2.24, 2.45) is 0 Å². The van der Waals surface area contributed by atoms with Crippen molar-refractivity contribution in [2.75, 3.05) is 6.61 Å². The van der Waals surface area contributed by atoms with Crippen molar-refractivity contribution in [3.8, 4) is 5.75 Å². The number of carbonyl (C=O) groups excluding carboxylic acids is 1. The van der Waals surface area contributed by atoms with Crippen LogP contribution in [0.25, 0.3) is 0 Å². The highest BCUT2D eigenvalue weighted by molar-refractivity contribution is 9.10. The lowest BCUT2D eigenvalue weighted by atomic mass is 10.2. The highest BCUT2D eigenvalue weighted by Crippen LogP contribution is 2.24. The summed E-state index contributed by atoms with van der Waals surface area (Å²) in [5, 5.41) is 11.8. The molecule has 1 unspecified atom stereocenters. The molecule has 96 valence electrons. The van der Waals surface area contributed by atoms with E-state index in [1.807, 2.05) is 0 Å². The van der Waals surface area contributed by atoms with Gasteiger partial charge in [-0.1, -0.05) is 15.9 Å². The maximum absolute atomic E-state index is 11.0. The number of benzene rings is 1. The molecule has 1 fully saturated rings. The van der Waals surface area contributed by atoms with Crippen LogP contribution in [0.3, 0.4) is 0 Å². The van der Waals surface area contributed by atoms with Crippen molar-refractivity contribution in [1.82, 2.24) is 5.32 Å². The predicted octanol–water partition coefficient (Wildman–Crippen LogP) is 1.80. The van der Waals surface area contributed by atoms with Gasteiger partial charge in [0.15, 0.2) is 0 Å². The number of aromatic carboxylic acids is 1. The standard InChI is InChI=1S/C12H12BrNO4/c13-7-1-3-9(12(16)17)10(5-7)18-6-8-2-4-11(15)14-8/h1,3,5,8H,2,4,6H2,(H,14,15)(H,16,17). The molecule has 1 aliphatic heterocycles. The first kappa shape index (κ1) is 12.9. The number of rotatable bonds is 4. The Labute approximate surface area is 112 Å². The summed E-state index contributed by atoms with van der Waals surface area (Å²) in [6.07, 6.45) is 1.22. The van der Waals surface area contributed by atoms with E-state index in [0.29, 0.717) is 12.2 Å². The average Bonchev–Trinajstić information content (AvgIpc) is 2.72. The molecular weight excluding hydrogens is 302 g/mol. The molecule has 1 saturated heterocycles. The summed E-state index contributed by atoms with van der Waals surface area (Å²) in [6, 6.07) is 4.70. The Hall–Kier alpha value is -1.56. The second-order valence-electron chi connectivity index (χ2n) is 4.06. The highest BCUT2D eigenvalue weighted by atomic mass is 79.9. The van der Waals surface area contributed by atoms with Crippen LogP contribution in [0, 0.1) is 0 Å². The van der Waals surface area contributed by atoms with Gasteiger partial charge in [-0.2, -0.15) is 0 Å². The van der Waals surface area contributed by atoms with Crippen molar-refractivity contribution in [1.29, 1.82) is 0 Å². The minimum Gasteiger partial charge on any atom is -0.491 e. The topological polar surface area (TPSA) is 75.6 Å². The van der Waals surface area contributed by atoms with E-state index in [4.69, 9.17) is 9.84 Å². The summed E-state index contributed by atoms with van der Waals surface area (Å²) in [7, 11) is 0. The molecule has 18 heavy (non-hydrogen) atoms. The van der Waals surface area contributed by atoms with E-state index >= 15 is 0 Å². The van der Waals surface area contributed by atoms with E-state index in [-0.39, 0.29) is 24.1 Å². The summed E-state index contributed by atoms with van der Waals surface area (Å²) in [4.78, 5) is 22.0. The van der Waals surface area contributed by atoms with Crippen LogP contribution in [-0.2, 0) is 4.79 Å². The van der Waals surface area contributed by atoms with Crippen LogP contribution >= 0.6 is 15.9 Å². The van der Waals surface area contributed by atoms with Gasteiger partial charge < -0.3 is 15.2 Å². The van der Waals surface area contributed by atoms with Crippen LogP contribution in [0.1, 0.15) is 23.2 Å².